The number of fused-ring (bicyclic) bond motifs is 1. The van der Waals surface area contributed by atoms with Crippen LogP contribution in [0.3, 0.4) is 0 Å². The van der Waals surface area contributed by atoms with Gasteiger partial charge >= 0.3 is 6.18 Å². The number of carbonyl (C=O) groups is 1. The number of imidazole rings is 1. The smallest absolute Gasteiger partial charge is 0.333 e. The van der Waals surface area contributed by atoms with Crippen LogP contribution >= 0.6 is 11.8 Å². The van der Waals surface area contributed by atoms with E-state index in [0.717, 1.165) is 23.9 Å². The third kappa shape index (κ3) is 5.08. The van der Waals surface area contributed by atoms with Gasteiger partial charge in [-0.25, -0.2) is 18.5 Å². The van der Waals surface area contributed by atoms with Crippen molar-refractivity contribution in [1.29, 1.82) is 0 Å². The highest BCUT2D eigenvalue weighted by molar-refractivity contribution is 8.00. The van der Waals surface area contributed by atoms with Gasteiger partial charge in [-0.15, -0.1) is 0 Å². The summed E-state index contributed by atoms with van der Waals surface area (Å²) in [4.78, 5) is 19.2. The van der Waals surface area contributed by atoms with Crippen molar-refractivity contribution in [3.63, 3.8) is 0 Å². The quantitative estimate of drug-likeness (QED) is 0.522. The molecule has 0 spiro atoms. The van der Waals surface area contributed by atoms with Crippen LogP contribution in [0.4, 0.5) is 18.9 Å². The number of aromatic amines is 1. The maximum Gasteiger partial charge on any atom is 0.416 e. The number of nitrogens with two attached hydrogens (primary N) is 1. The Morgan fingerprint density at radius 2 is 1.97 bits per heavy atom. The molecule has 0 aliphatic heterocycles. The number of thioether (sulfide) groups is 1. The minimum Gasteiger partial charge on any atom is -0.333 e. The van der Waals surface area contributed by atoms with Gasteiger partial charge in [-0.2, -0.15) is 13.2 Å². The lowest BCUT2D eigenvalue weighted by molar-refractivity contribution is -0.137. The number of benzene rings is 2. The van der Waals surface area contributed by atoms with Gasteiger partial charge in [0.05, 0.1) is 26.7 Å². The molecule has 0 aliphatic carbocycles. The number of hydrogen-bond donors (Lipinski definition) is 3. The lowest BCUT2D eigenvalue weighted by Crippen LogP contribution is -2.22. The van der Waals surface area contributed by atoms with Crippen molar-refractivity contribution in [1.82, 2.24) is 9.97 Å². The lowest BCUT2D eigenvalue weighted by Gasteiger charge is -2.11. The number of amides is 1. The molecule has 1 heterocycles. The number of nitrogens with zero attached hydrogens (tertiary/aromatic N) is 1. The van der Waals surface area contributed by atoms with E-state index >= 15 is 0 Å². The first-order valence-electron chi connectivity index (χ1n) is 8.11. The molecule has 0 saturated carbocycles. The number of nitrogens with one attached hydrogen (secondary N) is 2. The van der Waals surface area contributed by atoms with Crippen molar-refractivity contribution < 1.29 is 26.4 Å². The van der Waals surface area contributed by atoms with Gasteiger partial charge in [0.2, 0.25) is 15.9 Å². The van der Waals surface area contributed by atoms with Crippen LogP contribution in [0.15, 0.2) is 52.5 Å². The summed E-state index contributed by atoms with van der Waals surface area (Å²) in [5.74, 6) is -0.446. The molecule has 1 atom stereocenters. The van der Waals surface area contributed by atoms with Crippen molar-refractivity contribution in [3.05, 3.63) is 48.0 Å². The number of halogens is 3. The van der Waals surface area contributed by atoms with E-state index in [9.17, 15) is 26.4 Å². The summed E-state index contributed by atoms with van der Waals surface area (Å²) in [6.07, 6.45) is -4.47. The number of alkyl halides is 3. The van der Waals surface area contributed by atoms with Crippen molar-refractivity contribution >= 4 is 44.4 Å². The zero-order chi connectivity index (χ0) is 21.4. The molecule has 3 rings (SSSR count). The molecule has 1 amide bonds. The second-order valence-electron chi connectivity index (χ2n) is 6.09. The molecule has 2 aromatic carbocycles. The monoisotopic (exact) mass is 444 g/mol. The summed E-state index contributed by atoms with van der Waals surface area (Å²) in [6.45, 7) is 1.58. The Labute approximate surface area is 167 Å². The van der Waals surface area contributed by atoms with E-state index in [2.05, 4.69) is 15.3 Å². The standard InChI is InChI=1S/C17H15F3N4O3S2/c1-9(15(25)22-11-3-2-4-12(8-11)29(21,26)27)28-16-23-13-6-5-10(17(18,19)20)7-14(13)24-16/h2-9H,1H3,(H,22,25)(H,23,24)(H2,21,26,27)/t9-/m1/s1. The number of rotatable bonds is 5. The van der Waals surface area contributed by atoms with E-state index in [0.29, 0.717) is 5.52 Å². The van der Waals surface area contributed by atoms with Crippen LogP contribution in [-0.2, 0) is 21.0 Å². The fourth-order valence-corrected chi connectivity index (χ4v) is 3.81. The van der Waals surface area contributed by atoms with Crippen molar-refractivity contribution in [2.24, 2.45) is 5.14 Å². The third-order valence-corrected chi connectivity index (χ3v) is 5.77. The van der Waals surface area contributed by atoms with Gasteiger partial charge < -0.3 is 10.3 Å². The summed E-state index contributed by atoms with van der Waals surface area (Å²) in [6, 6.07) is 8.61. The zero-order valence-electron chi connectivity index (χ0n) is 14.8. The summed E-state index contributed by atoms with van der Waals surface area (Å²) >= 11 is 1.02. The predicted molar refractivity (Wildman–Crippen MR) is 103 cm³/mol. The molecule has 4 N–H and O–H groups in total. The minimum absolute atomic E-state index is 0.145. The first kappa shape index (κ1) is 21.1. The average Bonchev–Trinajstić information content (AvgIpc) is 3.01. The molecule has 0 fully saturated rings. The highest BCUT2D eigenvalue weighted by atomic mass is 32.2. The molecular weight excluding hydrogens is 429 g/mol. The largest absolute Gasteiger partial charge is 0.416 e. The van der Waals surface area contributed by atoms with E-state index in [4.69, 9.17) is 5.14 Å². The molecule has 0 bridgehead atoms. The van der Waals surface area contributed by atoms with E-state index in [-0.39, 0.29) is 21.3 Å². The first-order chi connectivity index (χ1) is 13.4. The highest BCUT2D eigenvalue weighted by Gasteiger charge is 2.30. The molecule has 0 saturated heterocycles. The normalized spacial score (nSPS) is 13.4. The number of H-pyrrole nitrogens is 1. The van der Waals surface area contributed by atoms with Gasteiger partial charge in [0.15, 0.2) is 5.16 Å². The maximum atomic E-state index is 12.8. The molecule has 29 heavy (non-hydrogen) atoms. The van der Waals surface area contributed by atoms with Gasteiger partial charge in [0.25, 0.3) is 0 Å². The average molecular weight is 444 g/mol. The van der Waals surface area contributed by atoms with Crippen molar-refractivity contribution in [3.8, 4) is 0 Å². The van der Waals surface area contributed by atoms with E-state index < -0.39 is 32.9 Å². The van der Waals surface area contributed by atoms with Gasteiger partial charge in [-0.3, -0.25) is 4.79 Å². The van der Waals surface area contributed by atoms with Crippen LogP contribution in [0.5, 0.6) is 0 Å². The molecule has 0 radical (unpaired) electrons. The fraction of sp³-hybridized carbons (Fsp3) is 0.176. The Kier molecular flexibility index (Phi) is 5.61. The molecular formula is C17H15F3N4O3S2. The summed E-state index contributed by atoms with van der Waals surface area (Å²) in [5, 5.41) is 7.24. The number of sulfonamides is 1. The molecule has 1 aromatic heterocycles. The maximum absolute atomic E-state index is 12.8. The number of carbonyl (C=O) groups excluding carboxylic acids is 1. The summed E-state index contributed by atoms with van der Waals surface area (Å²) in [5.41, 5.74) is -0.0103. The zero-order valence-corrected chi connectivity index (χ0v) is 16.5. The molecule has 154 valence electrons. The molecule has 0 unspecified atom stereocenters. The van der Waals surface area contributed by atoms with Crippen LogP contribution in [0.1, 0.15) is 12.5 Å². The summed E-state index contributed by atoms with van der Waals surface area (Å²) in [7, 11) is -3.91. The van der Waals surface area contributed by atoms with E-state index in [1.165, 1.54) is 30.3 Å². The van der Waals surface area contributed by atoms with Gasteiger partial charge in [-0.1, -0.05) is 17.8 Å². The minimum atomic E-state index is -4.47. The highest BCUT2D eigenvalue weighted by Crippen LogP contribution is 2.32. The number of aromatic nitrogens is 2. The predicted octanol–water partition coefficient (Wildman–Crippen LogP) is 3.35. The van der Waals surface area contributed by atoms with Gasteiger partial charge in [0, 0.05) is 5.69 Å². The Hall–Kier alpha value is -2.57. The topological polar surface area (TPSA) is 118 Å². The molecule has 3 aromatic rings. The van der Waals surface area contributed by atoms with Crippen LogP contribution in [0, 0.1) is 0 Å². The SMILES string of the molecule is C[C@@H](Sc1nc2ccc(C(F)(F)F)cc2[nH]1)C(=O)Nc1cccc(S(N)(=O)=O)c1. The lowest BCUT2D eigenvalue weighted by atomic mass is 10.2. The molecule has 0 aliphatic rings. The summed E-state index contributed by atoms with van der Waals surface area (Å²) < 4.78 is 61.2. The van der Waals surface area contributed by atoms with Crippen LogP contribution in [0.2, 0.25) is 0 Å². The van der Waals surface area contributed by atoms with Crippen molar-refractivity contribution in [2.45, 2.75) is 28.4 Å². The first-order valence-corrected chi connectivity index (χ1v) is 10.5. The molecule has 12 heteroatoms. The van der Waals surface area contributed by atoms with Crippen LogP contribution in [-0.4, -0.2) is 29.5 Å². The van der Waals surface area contributed by atoms with Gasteiger partial charge in [-0.05, 0) is 43.3 Å². The fourth-order valence-electron chi connectivity index (χ4n) is 2.43. The Morgan fingerprint density at radius 1 is 1.24 bits per heavy atom. The number of primary sulfonamides is 1. The Bertz CT molecular complexity index is 1180. The van der Waals surface area contributed by atoms with Crippen molar-refractivity contribution in [2.75, 3.05) is 5.32 Å². The second-order valence-corrected chi connectivity index (χ2v) is 8.98. The third-order valence-electron chi connectivity index (χ3n) is 3.88. The van der Waals surface area contributed by atoms with E-state index in [1.807, 2.05) is 0 Å². The Morgan fingerprint density at radius 3 is 2.62 bits per heavy atom. The van der Waals surface area contributed by atoms with Crippen LogP contribution in [0.25, 0.3) is 11.0 Å². The Balaban J connectivity index is 1.73. The second kappa shape index (κ2) is 7.69. The molecule has 7 nitrogen and oxygen atoms in total. The number of hydrogen-bond acceptors (Lipinski definition) is 5. The number of anilines is 1. The van der Waals surface area contributed by atoms with Crippen LogP contribution < -0.4 is 10.5 Å². The van der Waals surface area contributed by atoms with Gasteiger partial charge in [0.1, 0.15) is 0 Å². The van der Waals surface area contributed by atoms with E-state index in [1.54, 1.807) is 6.92 Å².